The summed E-state index contributed by atoms with van der Waals surface area (Å²) >= 11 is 7.33. The van der Waals surface area contributed by atoms with E-state index in [1.807, 2.05) is 41.8 Å². The summed E-state index contributed by atoms with van der Waals surface area (Å²) in [6.07, 6.45) is 0.232. The van der Waals surface area contributed by atoms with Gasteiger partial charge in [0.25, 0.3) is 0 Å². The summed E-state index contributed by atoms with van der Waals surface area (Å²) in [4.78, 5) is 27.2. The molecule has 1 N–H and O–H groups in total. The summed E-state index contributed by atoms with van der Waals surface area (Å²) in [7, 11) is 1.64. The number of rotatable bonds is 7. The van der Waals surface area contributed by atoms with Crippen LogP contribution in [0.1, 0.15) is 13.3 Å². The van der Waals surface area contributed by atoms with Crippen LogP contribution in [0.15, 0.2) is 53.7 Å². The van der Waals surface area contributed by atoms with E-state index in [1.54, 1.807) is 30.2 Å². The predicted octanol–water partition coefficient (Wildman–Crippen LogP) is 4.10. The molecule has 172 valence electrons. The Morgan fingerprint density at radius 3 is 2.73 bits per heavy atom. The molecule has 2 aromatic carbocycles. The van der Waals surface area contributed by atoms with Crippen LogP contribution in [0.2, 0.25) is 5.02 Å². The average Bonchev–Trinajstić information content (AvgIpc) is 3.14. The van der Waals surface area contributed by atoms with Crippen LogP contribution in [-0.2, 0) is 20.9 Å². The number of thioether (sulfide) groups is 1. The number of halogens is 1. The molecule has 0 aliphatic carbocycles. The fourth-order valence-electron chi connectivity index (χ4n) is 3.76. The maximum atomic E-state index is 13.3. The van der Waals surface area contributed by atoms with Gasteiger partial charge >= 0.3 is 0 Å². The molecule has 0 saturated carbocycles. The Kier molecular flexibility index (Phi) is 7.32. The molecule has 1 aromatic heterocycles. The SMILES string of the molecule is COCCn1c(SCC(=O)N2c3ccccc3NC(=O)C[C@@H]2C)nnc1-c1ccc(Cl)cc1. The zero-order valence-electron chi connectivity index (χ0n) is 18.3. The molecule has 0 unspecified atom stereocenters. The number of benzene rings is 2. The van der Waals surface area contributed by atoms with Crippen LogP contribution in [0.5, 0.6) is 0 Å². The number of carbonyl (C=O) groups is 2. The first-order valence-electron chi connectivity index (χ1n) is 10.5. The van der Waals surface area contributed by atoms with Crippen molar-refractivity contribution in [3.8, 4) is 11.4 Å². The number of nitrogens with one attached hydrogen (secondary N) is 1. The molecule has 10 heteroatoms. The van der Waals surface area contributed by atoms with Crippen molar-refractivity contribution in [2.75, 3.05) is 29.7 Å². The number of amides is 2. The monoisotopic (exact) mass is 485 g/mol. The van der Waals surface area contributed by atoms with E-state index in [0.29, 0.717) is 40.5 Å². The maximum absolute atomic E-state index is 13.3. The molecule has 0 radical (unpaired) electrons. The highest BCUT2D eigenvalue weighted by Crippen LogP contribution is 2.32. The van der Waals surface area contributed by atoms with Crippen LogP contribution >= 0.6 is 23.4 Å². The lowest BCUT2D eigenvalue weighted by atomic mass is 10.2. The van der Waals surface area contributed by atoms with Crippen molar-refractivity contribution in [3.63, 3.8) is 0 Å². The summed E-state index contributed by atoms with van der Waals surface area (Å²) in [5.41, 5.74) is 2.21. The highest BCUT2D eigenvalue weighted by molar-refractivity contribution is 7.99. The number of carbonyl (C=O) groups excluding carboxylic acids is 2. The first-order chi connectivity index (χ1) is 16.0. The minimum atomic E-state index is -0.266. The number of aromatic nitrogens is 3. The Bertz CT molecular complexity index is 1150. The lowest BCUT2D eigenvalue weighted by molar-refractivity contribution is -0.117. The van der Waals surface area contributed by atoms with Gasteiger partial charge in [0.2, 0.25) is 11.8 Å². The number of nitrogens with zero attached hydrogens (tertiary/aromatic N) is 4. The van der Waals surface area contributed by atoms with Gasteiger partial charge in [-0.2, -0.15) is 0 Å². The van der Waals surface area contributed by atoms with Gasteiger partial charge in [-0.25, -0.2) is 0 Å². The van der Waals surface area contributed by atoms with Gasteiger partial charge < -0.3 is 15.0 Å². The van der Waals surface area contributed by atoms with E-state index in [0.717, 1.165) is 5.56 Å². The smallest absolute Gasteiger partial charge is 0.237 e. The molecule has 0 bridgehead atoms. The van der Waals surface area contributed by atoms with Gasteiger partial charge in [0, 0.05) is 30.2 Å². The van der Waals surface area contributed by atoms with Gasteiger partial charge in [0.05, 0.1) is 30.3 Å². The molecule has 2 heterocycles. The molecular weight excluding hydrogens is 462 g/mol. The molecule has 4 rings (SSSR count). The summed E-state index contributed by atoms with van der Waals surface area (Å²) in [5, 5.41) is 12.8. The van der Waals surface area contributed by atoms with Gasteiger partial charge in [0.1, 0.15) is 0 Å². The zero-order valence-corrected chi connectivity index (χ0v) is 19.9. The van der Waals surface area contributed by atoms with E-state index in [4.69, 9.17) is 16.3 Å². The van der Waals surface area contributed by atoms with Crippen LogP contribution in [0.3, 0.4) is 0 Å². The van der Waals surface area contributed by atoms with Crippen molar-refractivity contribution < 1.29 is 14.3 Å². The van der Waals surface area contributed by atoms with Crippen molar-refractivity contribution in [3.05, 3.63) is 53.6 Å². The highest BCUT2D eigenvalue weighted by Gasteiger charge is 2.30. The second kappa shape index (κ2) is 10.4. The Labute approximate surface area is 201 Å². The Balaban J connectivity index is 1.57. The number of fused-ring (bicyclic) bond motifs is 1. The Morgan fingerprint density at radius 1 is 1.21 bits per heavy atom. The molecule has 33 heavy (non-hydrogen) atoms. The van der Waals surface area contributed by atoms with Gasteiger partial charge in [0.15, 0.2) is 11.0 Å². The summed E-state index contributed by atoms with van der Waals surface area (Å²) in [5.74, 6) is 0.621. The highest BCUT2D eigenvalue weighted by atomic mass is 35.5. The van der Waals surface area contributed by atoms with Crippen LogP contribution in [0, 0.1) is 0 Å². The number of ether oxygens (including phenoxy) is 1. The van der Waals surface area contributed by atoms with Crippen molar-refractivity contribution in [1.82, 2.24) is 14.8 Å². The van der Waals surface area contributed by atoms with E-state index >= 15 is 0 Å². The number of hydrogen-bond acceptors (Lipinski definition) is 6. The largest absolute Gasteiger partial charge is 0.383 e. The van der Waals surface area contributed by atoms with E-state index in [-0.39, 0.29) is 30.0 Å². The van der Waals surface area contributed by atoms with Crippen LogP contribution < -0.4 is 10.2 Å². The summed E-state index contributed by atoms with van der Waals surface area (Å²) < 4.78 is 7.20. The van der Waals surface area contributed by atoms with Crippen molar-refractivity contribution in [1.29, 1.82) is 0 Å². The lowest BCUT2D eigenvalue weighted by Gasteiger charge is -2.27. The van der Waals surface area contributed by atoms with E-state index in [9.17, 15) is 9.59 Å². The molecular formula is C23H24ClN5O3S. The van der Waals surface area contributed by atoms with Crippen LogP contribution in [-0.4, -0.2) is 52.1 Å². The third-order valence-electron chi connectivity index (χ3n) is 5.29. The maximum Gasteiger partial charge on any atom is 0.237 e. The molecule has 0 spiro atoms. The number of para-hydroxylation sites is 2. The van der Waals surface area contributed by atoms with E-state index in [2.05, 4.69) is 15.5 Å². The minimum Gasteiger partial charge on any atom is -0.383 e. The van der Waals surface area contributed by atoms with Gasteiger partial charge in [-0.3, -0.25) is 14.2 Å². The fourth-order valence-corrected chi connectivity index (χ4v) is 4.71. The van der Waals surface area contributed by atoms with Gasteiger partial charge in [-0.15, -0.1) is 10.2 Å². The molecule has 1 atom stereocenters. The molecule has 1 aliphatic heterocycles. The molecule has 1 aliphatic rings. The van der Waals surface area contributed by atoms with Crippen molar-refractivity contribution in [2.24, 2.45) is 0 Å². The van der Waals surface area contributed by atoms with Crippen LogP contribution in [0.4, 0.5) is 11.4 Å². The van der Waals surface area contributed by atoms with Crippen molar-refractivity contribution in [2.45, 2.75) is 31.1 Å². The molecule has 0 saturated heterocycles. The van der Waals surface area contributed by atoms with E-state index < -0.39 is 0 Å². The topological polar surface area (TPSA) is 89.4 Å². The quantitative estimate of drug-likeness (QED) is 0.507. The Morgan fingerprint density at radius 2 is 1.97 bits per heavy atom. The zero-order chi connectivity index (χ0) is 23.4. The number of anilines is 2. The van der Waals surface area contributed by atoms with Crippen LogP contribution in [0.25, 0.3) is 11.4 Å². The molecule has 8 nitrogen and oxygen atoms in total. The Hall–Kier alpha value is -2.88. The number of methoxy groups -OCH3 is 1. The summed E-state index contributed by atoms with van der Waals surface area (Å²) in [6, 6.07) is 14.5. The standard InChI is InChI=1S/C23H24ClN5O3S/c1-15-13-20(30)25-18-5-3-4-6-19(18)29(15)21(31)14-33-23-27-26-22(28(23)11-12-32-2)16-7-9-17(24)10-8-16/h3-10,15H,11-14H2,1-2H3,(H,25,30)/t15-/m0/s1. The second-order valence-corrected chi connectivity index (χ2v) is 9.01. The van der Waals surface area contributed by atoms with Gasteiger partial charge in [-0.1, -0.05) is 35.5 Å². The van der Waals surface area contributed by atoms with E-state index in [1.165, 1.54) is 11.8 Å². The first-order valence-corrected chi connectivity index (χ1v) is 11.9. The summed E-state index contributed by atoms with van der Waals surface area (Å²) in [6.45, 7) is 2.90. The minimum absolute atomic E-state index is 0.106. The van der Waals surface area contributed by atoms with Crippen molar-refractivity contribution >= 4 is 46.6 Å². The first kappa shape index (κ1) is 23.3. The third kappa shape index (κ3) is 5.21. The second-order valence-electron chi connectivity index (χ2n) is 7.63. The average molecular weight is 486 g/mol. The number of hydrogen-bond donors (Lipinski definition) is 1. The lowest BCUT2D eigenvalue weighted by Crippen LogP contribution is -2.40. The van der Waals surface area contributed by atoms with Gasteiger partial charge in [-0.05, 0) is 43.3 Å². The molecule has 3 aromatic rings. The third-order valence-corrected chi connectivity index (χ3v) is 6.49. The fraction of sp³-hybridized carbons (Fsp3) is 0.304. The predicted molar refractivity (Wildman–Crippen MR) is 130 cm³/mol. The normalized spacial score (nSPS) is 15.7. The molecule has 0 fully saturated rings. The molecule has 2 amide bonds.